The van der Waals surface area contributed by atoms with Crippen molar-refractivity contribution in [1.82, 2.24) is 9.62 Å². The van der Waals surface area contributed by atoms with Gasteiger partial charge in [0.2, 0.25) is 10.0 Å². The average molecular weight is 339 g/mol. The molecule has 0 aliphatic heterocycles. The Labute approximate surface area is 127 Å². The highest BCUT2D eigenvalue weighted by Crippen LogP contribution is 2.23. The predicted octanol–water partition coefficient (Wildman–Crippen LogP) is 1.41. The summed E-state index contributed by atoms with van der Waals surface area (Å²) >= 11 is 5.65. The van der Waals surface area contributed by atoms with E-state index in [1.807, 2.05) is 11.8 Å². The van der Waals surface area contributed by atoms with Crippen LogP contribution in [0.4, 0.5) is 4.39 Å². The van der Waals surface area contributed by atoms with Crippen LogP contribution in [0.25, 0.3) is 0 Å². The summed E-state index contributed by atoms with van der Waals surface area (Å²) in [5.41, 5.74) is -0.784. The first-order valence-corrected chi connectivity index (χ1v) is 7.95. The molecule has 0 aromatic heterocycles. The van der Waals surface area contributed by atoms with Crippen molar-refractivity contribution in [2.24, 2.45) is 0 Å². The molecule has 21 heavy (non-hydrogen) atoms. The van der Waals surface area contributed by atoms with Crippen molar-refractivity contribution in [3.05, 3.63) is 28.5 Å². The minimum Gasteiger partial charge on any atom is -0.478 e. The average Bonchev–Trinajstić information content (AvgIpc) is 2.40. The number of benzene rings is 1. The van der Waals surface area contributed by atoms with E-state index in [9.17, 15) is 17.6 Å². The molecule has 1 aromatic carbocycles. The smallest absolute Gasteiger partial charge is 0.338 e. The second kappa shape index (κ2) is 7.17. The molecule has 0 saturated carbocycles. The summed E-state index contributed by atoms with van der Waals surface area (Å²) in [6.07, 6.45) is 0. The first-order chi connectivity index (χ1) is 9.69. The van der Waals surface area contributed by atoms with Gasteiger partial charge in [-0.25, -0.2) is 22.3 Å². The van der Waals surface area contributed by atoms with Crippen LogP contribution in [-0.2, 0) is 10.0 Å². The Balaban J connectivity index is 3.06. The lowest BCUT2D eigenvalue weighted by atomic mass is 10.2. The van der Waals surface area contributed by atoms with Gasteiger partial charge in [-0.2, -0.15) is 0 Å². The Bertz CT molecular complexity index is 636. The minimum atomic E-state index is -4.17. The molecular weight excluding hydrogens is 323 g/mol. The highest BCUT2D eigenvalue weighted by molar-refractivity contribution is 7.89. The van der Waals surface area contributed by atoms with E-state index in [2.05, 4.69) is 4.72 Å². The third-order valence-corrected chi connectivity index (χ3v) is 4.53. The van der Waals surface area contributed by atoms with Crippen LogP contribution < -0.4 is 4.72 Å². The number of hydrogen-bond acceptors (Lipinski definition) is 4. The molecule has 0 heterocycles. The van der Waals surface area contributed by atoms with Crippen molar-refractivity contribution in [3.8, 4) is 0 Å². The third kappa shape index (κ3) is 4.63. The number of likely N-dealkylation sites (N-methyl/N-ethyl adjacent to an activating group) is 1. The van der Waals surface area contributed by atoms with Crippen LogP contribution in [0.5, 0.6) is 0 Å². The highest BCUT2D eigenvalue weighted by atomic mass is 35.5. The Morgan fingerprint density at radius 1 is 1.48 bits per heavy atom. The molecule has 0 unspecified atom stereocenters. The van der Waals surface area contributed by atoms with Crippen LogP contribution in [-0.4, -0.2) is 51.1 Å². The summed E-state index contributed by atoms with van der Waals surface area (Å²) in [5, 5.41) is 8.67. The van der Waals surface area contributed by atoms with E-state index in [1.54, 1.807) is 7.05 Å². The van der Waals surface area contributed by atoms with Gasteiger partial charge >= 0.3 is 5.97 Å². The van der Waals surface area contributed by atoms with Gasteiger partial charge in [-0.05, 0) is 25.7 Å². The number of rotatable bonds is 7. The van der Waals surface area contributed by atoms with Crippen molar-refractivity contribution in [3.63, 3.8) is 0 Å². The van der Waals surface area contributed by atoms with Gasteiger partial charge in [0.25, 0.3) is 0 Å². The Morgan fingerprint density at radius 2 is 2.10 bits per heavy atom. The van der Waals surface area contributed by atoms with E-state index < -0.39 is 32.3 Å². The van der Waals surface area contributed by atoms with E-state index in [0.717, 1.165) is 18.7 Å². The number of aromatic carboxylic acids is 1. The number of sulfonamides is 1. The highest BCUT2D eigenvalue weighted by Gasteiger charge is 2.24. The van der Waals surface area contributed by atoms with Crippen LogP contribution in [0.1, 0.15) is 17.3 Å². The van der Waals surface area contributed by atoms with Gasteiger partial charge in [-0.3, -0.25) is 0 Å². The van der Waals surface area contributed by atoms with E-state index in [0.29, 0.717) is 6.54 Å². The maximum Gasteiger partial charge on any atom is 0.338 e. The third-order valence-electron chi connectivity index (χ3n) is 2.85. The van der Waals surface area contributed by atoms with Gasteiger partial charge in [-0.15, -0.1) is 0 Å². The number of halogens is 2. The van der Waals surface area contributed by atoms with Crippen molar-refractivity contribution >= 4 is 27.6 Å². The first kappa shape index (κ1) is 17.8. The maximum atomic E-state index is 14.0. The standard InChI is InChI=1S/C12H16ClFN2O4S/c1-3-16(2)5-4-15-21(19,20)10-7-8(13)6-9(11(10)14)12(17)18/h6-7,15H,3-5H2,1-2H3,(H,17,18). The molecule has 9 heteroatoms. The van der Waals surface area contributed by atoms with Gasteiger partial charge in [-0.1, -0.05) is 18.5 Å². The first-order valence-electron chi connectivity index (χ1n) is 6.09. The van der Waals surface area contributed by atoms with E-state index in [1.165, 1.54) is 0 Å². The topological polar surface area (TPSA) is 86.7 Å². The molecule has 0 bridgehead atoms. The maximum absolute atomic E-state index is 14.0. The molecule has 0 aliphatic carbocycles. The number of carboxylic acid groups (broad SMARTS) is 1. The summed E-state index contributed by atoms with van der Waals surface area (Å²) < 4.78 is 40.3. The number of nitrogens with zero attached hydrogens (tertiary/aromatic N) is 1. The van der Waals surface area contributed by atoms with Gasteiger partial charge in [0.1, 0.15) is 4.90 Å². The molecule has 1 aromatic rings. The molecule has 118 valence electrons. The molecule has 0 aliphatic rings. The quantitative estimate of drug-likeness (QED) is 0.785. The predicted molar refractivity (Wildman–Crippen MR) is 76.7 cm³/mol. The second-order valence-electron chi connectivity index (χ2n) is 4.36. The van der Waals surface area contributed by atoms with Crippen molar-refractivity contribution in [1.29, 1.82) is 0 Å². The van der Waals surface area contributed by atoms with Crippen LogP contribution in [0.3, 0.4) is 0 Å². The molecule has 6 nitrogen and oxygen atoms in total. The summed E-state index contributed by atoms with van der Waals surface area (Å²) in [6, 6.07) is 1.75. The molecule has 1 rings (SSSR count). The molecule has 0 fully saturated rings. The monoisotopic (exact) mass is 338 g/mol. The van der Waals surface area contributed by atoms with Crippen LogP contribution in [0, 0.1) is 5.82 Å². The normalized spacial score (nSPS) is 11.9. The Morgan fingerprint density at radius 3 is 2.62 bits per heavy atom. The number of carboxylic acids is 1. The lowest BCUT2D eigenvalue weighted by Crippen LogP contribution is -2.33. The van der Waals surface area contributed by atoms with Gasteiger partial charge in [0.15, 0.2) is 5.82 Å². The second-order valence-corrected chi connectivity index (χ2v) is 6.54. The molecule has 2 N–H and O–H groups in total. The fourth-order valence-corrected chi connectivity index (χ4v) is 2.95. The summed E-state index contributed by atoms with van der Waals surface area (Å²) in [7, 11) is -2.37. The van der Waals surface area contributed by atoms with Crippen LogP contribution >= 0.6 is 11.6 Å². The SMILES string of the molecule is CCN(C)CCNS(=O)(=O)c1cc(Cl)cc(C(=O)O)c1F. The molecular formula is C12H16ClFN2O4S. The van der Waals surface area contributed by atoms with Gasteiger partial charge < -0.3 is 10.0 Å². The van der Waals surface area contributed by atoms with E-state index in [4.69, 9.17) is 16.7 Å². The molecule has 0 radical (unpaired) electrons. The molecule has 0 saturated heterocycles. The van der Waals surface area contributed by atoms with Gasteiger partial charge in [0.05, 0.1) is 5.56 Å². The zero-order valence-electron chi connectivity index (χ0n) is 11.6. The van der Waals surface area contributed by atoms with Crippen LogP contribution in [0.15, 0.2) is 17.0 Å². The summed E-state index contributed by atoms with van der Waals surface area (Å²) in [6.45, 7) is 3.14. The summed E-state index contributed by atoms with van der Waals surface area (Å²) in [4.78, 5) is 12.0. The molecule has 0 spiro atoms. The fraction of sp³-hybridized carbons (Fsp3) is 0.417. The lowest BCUT2D eigenvalue weighted by Gasteiger charge is -2.14. The van der Waals surface area contributed by atoms with E-state index >= 15 is 0 Å². The summed E-state index contributed by atoms with van der Waals surface area (Å²) in [5.74, 6) is -2.92. The number of hydrogen-bond donors (Lipinski definition) is 2. The number of nitrogens with one attached hydrogen (secondary N) is 1. The number of carbonyl (C=O) groups is 1. The fourth-order valence-electron chi connectivity index (χ4n) is 1.52. The molecule has 0 amide bonds. The Kier molecular flexibility index (Phi) is 6.09. The van der Waals surface area contributed by atoms with Crippen molar-refractivity contribution in [2.45, 2.75) is 11.8 Å². The van der Waals surface area contributed by atoms with E-state index in [-0.39, 0.29) is 11.6 Å². The largest absolute Gasteiger partial charge is 0.478 e. The zero-order chi connectivity index (χ0) is 16.2. The Hall–Kier alpha value is -1.22. The zero-order valence-corrected chi connectivity index (χ0v) is 13.1. The molecule has 0 atom stereocenters. The van der Waals surface area contributed by atoms with Crippen molar-refractivity contribution in [2.75, 3.05) is 26.7 Å². The minimum absolute atomic E-state index is 0.0705. The van der Waals surface area contributed by atoms with Crippen LogP contribution in [0.2, 0.25) is 5.02 Å². The van der Waals surface area contributed by atoms with Crippen molar-refractivity contribution < 1.29 is 22.7 Å². The lowest BCUT2D eigenvalue weighted by molar-refractivity contribution is 0.0691. The van der Waals surface area contributed by atoms with Gasteiger partial charge in [0, 0.05) is 18.1 Å².